The summed E-state index contributed by atoms with van der Waals surface area (Å²) in [4.78, 5) is 13.3. The van der Waals surface area contributed by atoms with Crippen LogP contribution in [0.5, 0.6) is 0 Å². The van der Waals surface area contributed by atoms with Gasteiger partial charge in [0.25, 0.3) is 0 Å². The molecular formula is C18H25N5O4S. The van der Waals surface area contributed by atoms with Crippen molar-refractivity contribution in [1.29, 1.82) is 0 Å². The van der Waals surface area contributed by atoms with Gasteiger partial charge in [0, 0.05) is 33.2 Å². The Kier molecular flexibility index (Phi) is 5.44. The number of rotatable bonds is 5. The molecule has 1 aromatic heterocycles. The normalized spacial score (nSPS) is 15.8. The minimum Gasteiger partial charge on any atom is -0.348 e. The van der Waals surface area contributed by atoms with Crippen LogP contribution in [0.4, 0.5) is 11.5 Å². The fraction of sp³-hybridized carbons (Fsp3) is 0.500. The summed E-state index contributed by atoms with van der Waals surface area (Å²) in [6.07, 6.45) is 0.464. The van der Waals surface area contributed by atoms with Crippen molar-refractivity contribution < 1.29 is 13.3 Å². The molecule has 1 saturated heterocycles. The van der Waals surface area contributed by atoms with E-state index in [1.54, 1.807) is 19.2 Å². The molecular weight excluding hydrogens is 382 g/mol. The summed E-state index contributed by atoms with van der Waals surface area (Å²) in [5, 5.41) is 15.8. The van der Waals surface area contributed by atoms with Gasteiger partial charge in [0.05, 0.1) is 9.82 Å². The van der Waals surface area contributed by atoms with Gasteiger partial charge in [-0.05, 0) is 43.5 Å². The topological polar surface area (TPSA) is 102 Å². The van der Waals surface area contributed by atoms with Crippen molar-refractivity contribution in [2.75, 3.05) is 31.1 Å². The molecule has 28 heavy (non-hydrogen) atoms. The summed E-state index contributed by atoms with van der Waals surface area (Å²) in [6, 6.07) is 5.13. The minimum atomic E-state index is -3.59. The molecule has 1 aromatic carbocycles. The summed E-state index contributed by atoms with van der Waals surface area (Å²) in [7, 11) is -1.91. The molecule has 0 amide bonds. The number of nitrogens with zero attached hydrogens (tertiary/aromatic N) is 5. The van der Waals surface area contributed by atoms with E-state index in [0.29, 0.717) is 31.0 Å². The van der Waals surface area contributed by atoms with Gasteiger partial charge in [0.15, 0.2) is 0 Å². The summed E-state index contributed by atoms with van der Waals surface area (Å²) in [6.45, 7) is 6.92. The van der Waals surface area contributed by atoms with Gasteiger partial charge in [-0.15, -0.1) is 0 Å². The first kappa shape index (κ1) is 20.3. The van der Waals surface area contributed by atoms with Crippen molar-refractivity contribution in [3.63, 3.8) is 0 Å². The van der Waals surface area contributed by atoms with Gasteiger partial charge in [0.1, 0.15) is 5.69 Å². The Morgan fingerprint density at radius 1 is 1.14 bits per heavy atom. The number of aryl methyl sites for hydroxylation is 4. The molecule has 0 N–H and O–H groups in total. The van der Waals surface area contributed by atoms with Crippen molar-refractivity contribution in [3.8, 4) is 0 Å². The van der Waals surface area contributed by atoms with Crippen molar-refractivity contribution >= 4 is 21.5 Å². The van der Waals surface area contributed by atoms with E-state index in [1.165, 1.54) is 8.99 Å². The summed E-state index contributed by atoms with van der Waals surface area (Å²) in [5.41, 5.74) is 2.42. The zero-order valence-corrected chi connectivity index (χ0v) is 17.4. The standard InChI is InChI=1S/C18H25N5O4S/c1-5-16-17(23(24)25)18(20(4)19-16)21-8-10-22(11-9-21)28(26,27)15-7-6-13(2)14(3)12-15/h6-7,12H,5,8-11H2,1-4H3. The second-order valence-electron chi connectivity index (χ2n) is 6.99. The van der Waals surface area contributed by atoms with Crippen molar-refractivity contribution in [2.45, 2.75) is 32.1 Å². The molecule has 0 bridgehead atoms. The Labute approximate surface area is 164 Å². The number of piperazine rings is 1. The van der Waals surface area contributed by atoms with Crippen LogP contribution >= 0.6 is 0 Å². The van der Waals surface area contributed by atoms with Gasteiger partial charge >= 0.3 is 5.69 Å². The molecule has 10 heteroatoms. The Morgan fingerprint density at radius 3 is 2.32 bits per heavy atom. The third-order valence-electron chi connectivity index (χ3n) is 5.23. The molecule has 1 fully saturated rings. The monoisotopic (exact) mass is 407 g/mol. The Bertz CT molecular complexity index is 1010. The first-order valence-corrected chi connectivity index (χ1v) is 10.6. The Balaban J connectivity index is 1.82. The lowest BCUT2D eigenvalue weighted by atomic mass is 10.1. The van der Waals surface area contributed by atoms with E-state index >= 15 is 0 Å². The molecule has 0 unspecified atom stereocenters. The Hall–Kier alpha value is -2.46. The molecule has 1 aliphatic heterocycles. The number of aromatic nitrogens is 2. The molecule has 2 heterocycles. The molecule has 9 nitrogen and oxygen atoms in total. The van der Waals surface area contributed by atoms with Crippen LogP contribution < -0.4 is 4.90 Å². The molecule has 0 spiro atoms. The second kappa shape index (κ2) is 7.51. The van der Waals surface area contributed by atoms with Gasteiger partial charge in [-0.2, -0.15) is 9.40 Å². The highest BCUT2D eigenvalue weighted by Crippen LogP contribution is 2.33. The van der Waals surface area contributed by atoms with E-state index < -0.39 is 14.9 Å². The molecule has 0 saturated carbocycles. The average molecular weight is 407 g/mol. The summed E-state index contributed by atoms with van der Waals surface area (Å²) < 4.78 is 28.9. The zero-order chi connectivity index (χ0) is 20.6. The van der Waals surface area contributed by atoms with E-state index in [1.807, 2.05) is 31.7 Å². The quantitative estimate of drug-likeness (QED) is 0.555. The maximum absolute atomic E-state index is 13.0. The maximum atomic E-state index is 13.0. The first-order chi connectivity index (χ1) is 13.2. The van der Waals surface area contributed by atoms with E-state index in [2.05, 4.69) is 5.10 Å². The predicted molar refractivity (Wildman–Crippen MR) is 106 cm³/mol. The Morgan fingerprint density at radius 2 is 1.79 bits per heavy atom. The van der Waals surface area contributed by atoms with Gasteiger partial charge < -0.3 is 4.90 Å². The van der Waals surface area contributed by atoms with Gasteiger partial charge in [-0.3, -0.25) is 10.1 Å². The number of anilines is 1. The lowest BCUT2D eigenvalue weighted by Gasteiger charge is -2.34. The third-order valence-corrected chi connectivity index (χ3v) is 7.13. The van der Waals surface area contributed by atoms with Gasteiger partial charge in [-0.1, -0.05) is 13.0 Å². The predicted octanol–water partition coefficient (Wildman–Crippen LogP) is 2.02. The number of benzene rings is 1. The second-order valence-corrected chi connectivity index (χ2v) is 8.93. The van der Waals surface area contributed by atoms with Crippen molar-refractivity contribution in [3.05, 3.63) is 45.1 Å². The highest BCUT2D eigenvalue weighted by Gasteiger charge is 2.34. The smallest absolute Gasteiger partial charge is 0.334 e. The molecule has 152 valence electrons. The van der Waals surface area contributed by atoms with E-state index in [9.17, 15) is 18.5 Å². The van der Waals surface area contributed by atoms with E-state index in [-0.39, 0.29) is 23.7 Å². The fourth-order valence-electron chi connectivity index (χ4n) is 3.50. The largest absolute Gasteiger partial charge is 0.348 e. The molecule has 0 atom stereocenters. The third kappa shape index (κ3) is 3.49. The highest BCUT2D eigenvalue weighted by atomic mass is 32.2. The zero-order valence-electron chi connectivity index (χ0n) is 16.5. The van der Waals surface area contributed by atoms with Gasteiger partial charge in [-0.25, -0.2) is 13.1 Å². The van der Waals surface area contributed by atoms with Crippen LogP contribution in [0.3, 0.4) is 0 Å². The molecule has 2 aromatic rings. The number of hydrogen-bond donors (Lipinski definition) is 0. The van der Waals surface area contributed by atoms with Crippen LogP contribution in [0.1, 0.15) is 23.7 Å². The molecule has 0 radical (unpaired) electrons. The molecule has 0 aliphatic carbocycles. The summed E-state index contributed by atoms with van der Waals surface area (Å²) >= 11 is 0. The number of nitro groups is 1. The van der Waals surface area contributed by atoms with E-state index in [4.69, 9.17) is 0 Å². The van der Waals surface area contributed by atoms with Crippen LogP contribution in [0.15, 0.2) is 23.1 Å². The molecule has 3 rings (SSSR count). The van der Waals surface area contributed by atoms with Crippen molar-refractivity contribution in [2.24, 2.45) is 7.05 Å². The lowest BCUT2D eigenvalue weighted by molar-refractivity contribution is -0.384. The lowest BCUT2D eigenvalue weighted by Crippen LogP contribution is -2.49. The molecule has 1 aliphatic rings. The number of hydrogen-bond acceptors (Lipinski definition) is 6. The van der Waals surface area contributed by atoms with Crippen molar-refractivity contribution in [1.82, 2.24) is 14.1 Å². The first-order valence-electron chi connectivity index (χ1n) is 9.19. The minimum absolute atomic E-state index is 0.00969. The van der Waals surface area contributed by atoms with Crippen LogP contribution in [0, 0.1) is 24.0 Å². The van der Waals surface area contributed by atoms with Crippen LogP contribution in [0.2, 0.25) is 0 Å². The maximum Gasteiger partial charge on any atom is 0.334 e. The summed E-state index contributed by atoms with van der Waals surface area (Å²) in [5.74, 6) is 0.435. The highest BCUT2D eigenvalue weighted by molar-refractivity contribution is 7.89. The average Bonchev–Trinajstić information content (AvgIpc) is 3.00. The number of sulfonamides is 1. The SMILES string of the molecule is CCc1nn(C)c(N2CCN(S(=O)(=O)c3ccc(C)c(C)c3)CC2)c1[N+](=O)[O-]. The fourth-order valence-corrected chi connectivity index (χ4v) is 5.01. The van der Waals surface area contributed by atoms with E-state index in [0.717, 1.165) is 11.1 Å². The van der Waals surface area contributed by atoms with Crippen LogP contribution in [-0.2, 0) is 23.5 Å². The van der Waals surface area contributed by atoms with Gasteiger partial charge in [0.2, 0.25) is 15.8 Å². The van der Waals surface area contributed by atoms with Crippen LogP contribution in [0.25, 0.3) is 0 Å². The van der Waals surface area contributed by atoms with Crippen LogP contribution in [-0.4, -0.2) is 53.6 Å².